The Balaban J connectivity index is 1.28. The number of benzene rings is 1. The molecule has 0 aliphatic heterocycles. The molecule has 0 atom stereocenters. The number of hydrogen-bond donors (Lipinski definition) is 2. The number of nitrogens with one attached hydrogen (secondary N) is 1. The van der Waals surface area contributed by atoms with Crippen molar-refractivity contribution in [3.05, 3.63) is 77.0 Å². The number of aromatic nitrogens is 10. The van der Waals surface area contributed by atoms with Crippen LogP contribution in [0.1, 0.15) is 83.8 Å². The van der Waals surface area contributed by atoms with Gasteiger partial charge in [-0.05, 0) is 79.2 Å². The highest BCUT2D eigenvalue weighted by Gasteiger charge is 2.24. The molecule has 0 spiro atoms. The van der Waals surface area contributed by atoms with Crippen LogP contribution in [0.3, 0.4) is 0 Å². The molecule has 65 heavy (non-hydrogen) atoms. The second-order valence-electron chi connectivity index (χ2n) is 16.4. The van der Waals surface area contributed by atoms with Gasteiger partial charge in [-0.3, -0.25) is 29.1 Å². The number of hydrogen-bond acceptors (Lipinski definition) is 13. The third-order valence-electron chi connectivity index (χ3n) is 10.4. The van der Waals surface area contributed by atoms with Crippen molar-refractivity contribution in [2.24, 2.45) is 5.73 Å². The molecular formula is C45H53N13O7. The summed E-state index contributed by atoms with van der Waals surface area (Å²) >= 11 is 0. The van der Waals surface area contributed by atoms with Crippen molar-refractivity contribution in [1.29, 1.82) is 0 Å². The minimum atomic E-state index is -0.693. The Kier molecular flexibility index (Phi) is 13.0. The van der Waals surface area contributed by atoms with Gasteiger partial charge in [-0.2, -0.15) is 10.2 Å². The number of allylic oxidation sites excluding steroid dienone is 2. The van der Waals surface area contributed by atoms with Crippen molar-refractivity contribution in [3.8, 4) is 23.0 Å². The van der Waals surface area contributed by atoms with Gasteiger partial charge in [-0.1, -0.05) is 12.2 Å². The number of nitrogens with zero attached hydrogens (tertiary/aromatic N) is 11. The average molecular weight is 888 g/mol. The monoisotopic (exact) mass is 887 g/mol. The van der Waals surface area contributed by atoms with Gasteiger partial charge >= 0.3 is 6.09 Å². The Morgan fingerprint density at radius 2 is 1.60 bits per heavy atom. The standard InChI is InChI=1S/C45H53N13O7/c1-10-57-32(19-26(3)52-57)40-47-24-30-36-38(34(63-9)23-29(25-59)48-36)55(41(30)50-40)16-12-13-17-56-37-31(49-43(56)51-42(61)33-20-27(4)53-58(33)11-2)21-28(39(46)60)22-35(37)64-18-14-15-54(8)44(62)65-45(5,6)7/h12-13,19-25H,10-11,14-18H2,1-9H3,(H2,46,60)(H,49,51,61)/b13-12+. The van der Waals surface area contributed by atoms with E-state index in [2.05, 4.69) is 20.5 Å². The van der Waals surface area contributed by atoms with Crippen LogP contribution in [-0.2, 0) is 30.9 Å². The number of carbonyl (C=O) groups excluding carboxylic acids is 4. The highest BCUT2D eigenvalue weighted by atomic mass is 16.6. The predicted octanol–water partition coefficient (Wildman–Crippen LogP) is 6.11. The normalized spacial score (nSPS) is 11.8. The van der Waals surface area contributed by atoms with Crippen molar-refractivity contribution in [3.63, 3.8) is 0 Å². The Hall–Kier alpha value is -7.64. The van der Waals surface area contributed by atoms with Crippen molar-refractivity contribution in [2.45, 2.75) is 86.7 Å². The predicted molar refractivity (Wildman–Crippen MR) is 243 cm³/mol. The van der Waals surface area contributed by atoms with E-state index in [4.69, 9.17) is 34.9 Å². The number of primary amides is 1. The zero-order valence-corrected chi connectivity index (χ0v) is 38.0. The van der Waals surface area contributed by atoms with Crippen LogP contribution in [0.15, 0.2) is 48.7 Å². The highest BCUT2D eigenvalue weighted by Crippen LogP contribution is 2.35. The Morgan fingerprint density at radius 3 is 2.28 bits per heavy atom. The molecule has 0 aliphatic rings. The summed E-state index contributed by atoms with van der Waals surface area (Å²) in [5.74, 6) is 0.230. The number of pyridine rings is 1. The summed E-state index contributed by atoms with van der Waals surface area (Å²) in [6.07, 6.45) is 6.14. The zero-order chi connectivity index (χ0) is 46.7. The lowest BCUT2D eigenvalue weighted by Gasteiger charge is -2.24. The first-order valence-electron chi connectivity index (χ1n) is 21.2. The van der Waals surface area contributed by atoms with E-state index in [0.717, 1.165) is 11.4 Å². The van der Waals surface area contributed by atoms with E-state index in [1.54, 1.807) is 74.5 Å². The molecule has 340 valence electrons. The molecule has 6 heterocycles. The number of aldehydes is 1. The maximum absolute atomic E-state index is 13.9. The quantitative estimate of drug-likeness (QED) is 0.0598. The molecule has 0 saturated heterocycles. The summed E-state index contributed by atoms with van der Waals surface area (Å²) in [6.45, 7) is 15.0. The summed E-state index contributed by atoms with van der Waals surface area (Å²) in [5.41, 5.74) is 10.6. The van der Waals surface area contributed by atoms with Gasteiger partial charge in [0.15, 0.2) is 12.1 Å². The maximum atomic E-state index is 13.9. The van der Waals surface area contributed by atoms with Gasteiger partial charge < -0.3 is 34.0 Å². The average Bonchev–Trinajstić information content (AvgIpc) is 4.03. The van der Waals surface area contributed by atoms with Crippen LogP contribution in [0.25, 0.3) is 44.6 Å². The lowest BCUT2D eigenvalue weighted by atomic mass is 10.1. The Morgan fingerprint density at radius 1 is 0.892 bits per heavy atom. The van der Waals surface area contributed by atoms with E-state index in [0.29, 0.717) is 94.2 Å². The number of carbonyl (C=O) groups is 4. The lowest BCUT2D eigenvalue weighted by molar-refractivity contribution is 0.0291. The lowest BCUT2D eigenvalue weighted by Crippen LogP contribution is -2.35. The second-order valence-corrected chi connectivity index (χ2v) is 16.4. The van der Waals surface area contributed by atoms with Gasteiger partial charge in [-0.15, -0.1) is 0 Å². The molecule has 3 amide bonds. The van der Waals surface area contributed by atoms with Crippen LogP contribution in [0, 0.1) is 13.8 Å². The molecule has 0 aliphatic carbocycles. The van der Waals surface area contributed by atoms with Gasteiger partial charge in [0.05, 0.1) is 36.0 Å². The molecule has 1 aromatic carbocycles. The molecule has 7 rings (SSSR count). The van der Waals surface area contributed by atoms with E-state index in [9.17, 15) is 19.2 Å². The molecular weight excluding hydrogens is 835 g/mol. The van der Waals surface area contributed by atoms with Crippen LogP contribution in [0.5, 0.6) is 11.5 Å². The Labute approximate surface area is 374 Å². The molecule has 0 unspecified atom stereocenters. The van der Waals surface area contributed by atoms with E-state index in [-0.39, 0.29) is 36.9 Å². The first-order chi connectivity index (χ1) is 31.0. The maximum Gasteiger partial charge on any atom is 0.410 e. The van der Waals surface area contributed by atoms with E-state index < -0.39 is 23.5 Å². The molecule has 3 N–H and O–H groups in total. The van der Waals surface area contributed by atoms with Crippen molar-refractivity contribution in [2.75, 3.05) is 32.6 Å². The van der Waals surface area contributed by atoms with Gasteiger partial charge in [0.1, 0.15) is 56.4 Å². The number of ether oxygens (including phenoxy) is 3. The summed E-state index contributed by atoms with van der Waals surface area (Å²) < 4.78 is 24.8. The van der Waals surface area contributed by atoms with E-state index in [1.165, 1.54) is 12.0 Å². The molecule has 0 saturated carbocycles. The number of imidazole rings is 1. The summed E-state index contributed by atoms with van der Waals surface area (Å²) in [5, 5.41) is 12.6. The number of fused-ring (bicyclic) bond motifs is 4. The summed E-state index contributed by atoms with van der Waals surface area (Å²) in [4.78, 5) is 71.7. The number of anilines is 1. The first kappa shape index (κ1) is 45.4. The molecule has 6 aromatic heterocycles. The zero-order valence-electron chi connectivity index (χ0n) is 38.0. The van der Waals surface area contributed by atoms with Crippen molar-refractivity contribution < 1.29 is 33.4 Å². The Bertz CT molecular complexity index is 2990. The molecule has 0 fully saturated rings. The third kappa shape index (κ3) is 9.51. The number of methoxy groups -OCH3 is 1. The molecule has 0 radical (unpaired) electrons. The number of amides is 3. The van der Waals surface area contributed by atoms with Crippen LogP contribution in [0.4, 0.5) is 10.7 Å². The van der Waals surface area contributed by atoms with Gasteiger partial charge in [0.25, 0.3) is 5.91 Å². The SMILES string of the molecule is CCn1nc(C)cc1C(=O)Nc1nc2cc(C(N)=O)cc(OCCCN(C)C(=O)OC(C)(C)C)c2n1C/C=C/Cn1c2nc(-c3cc(C)nn3CC)ncc2c2nc(C=O)cc(OC)c21. The van der Waals surface area contributed by atoms with Crippen molar-refractivity contribution in [1.82, 2.24) is 53.5 Å². The fourth-order valence-corrected chi connectivity index (χ4v) is 7.48. The minimum absolute atomic E-state index is 0.153. The van der Waals surface area contributed by atoms with Gasteiger partial charge in [0.2, 0.25) is 11.9 Å². The van der Waals surface area contributed by atoms with E-state index in [1.807, 2.05) is 48.2 Å². The highest BCUT2D eigenvalue weighted by molar-refractivity contribution is 6.07. The molecule has 20 nitrogen and oxygen atoms in total. The van der Waals surface area contributed by atoms with Crippen LogP contribution in [0.2, 0.25) is 0 Å². The fourth-order valence-electron chi connectivity index (χ4n) is 7.48. The fraction of sp³-hybridized carbons (Fsp3) is 0.378. The molecule has 7 aromatic rings. The van der Waals surface area contributed by atoms with Crippen LogP contribution < -0.4 is 20.5 Å². The second kappa shape index (κ2) is 18.6. The third-order valence-corrected chi connectivity index (χ3v) is 10.4. The topological polar surface area (TPSA) is 234 Å². The molecule has 20 heteroatoms. The number of rotatable bonds is 17. The van der Waals surface area contributed by atoms with Gasteiger partial charge in [0, 0.05) is 57.6 Å². The smallest absolute Gasteiger partial charge is 0.410 e. The first-order valence-corrected chi connectivity index (χ1v) is 21.2. The summed E-state index contributed by atoms with van der Waals surface area (Å²) in [6, 6.07) is 8.29. The molecule has 0 bridgehead atoms. The van der Waals surface area contributed by atoms with Crippen LogP contribution >= 0.6 is 0 Å². The number of aryl methyl sites for hydroxylation is 4. The number of nitrogens with two attached hydrogens (primary N) is 1. The minimum Gasteiger partial charge on any atom is -0.494 e. The summed E-state index contributed by atoms with van der Waals surface area (Å²) in [7, 11) is 3.17. The van der Waals surface area contributed by atoms with Gasteiger partial charge in [-0.25, -0.2) is 24.7 Å². The largest absolute Gasteiger partial charge is 0.494 e. The van der Waals surface area contributed by atoms with E-state index >= 15 is 0 Å². The van der Waals surface area contributed by atoms with Crippen molar-refractivity contribution >= 4 is 63.2 Å². The van der Waals surface area contributed by atoms with Crippen LogP contribution in [-0.4, -0.2) is 111 Å².